The van der Waals surface area contributed by atoms with Crippen molar-refractivity contribution in [2.45, 2.75) is 13.8 Å². The molecular weight excluding hydrogens is 633 g/mol. The molecule has 0 fully saturated rings. The molecule has 0 bridgehead atoms. The van der Waals surface area contributed by atoms with Crippen LogP contribution in [0.1, 0.15) is 35.3 Å². The van der Waals surface area contributed by atoms with Crippen LogP contribution in [0.4, 0.5) is 0 Å². The predicted molar refractivity (Wildman–Crippen MR) is 111 cm³/mol. The maximum absolute atomic E-state index is 12.3. The molecule has 2 radical (unpaired) electrons. The topological polar surface area (TPSA) is 153 Å². The van der Waals surface area contributed by atoms with Crippen molar-refractivity contribution in [3.8, 4) is 17.2 Å². The summed E-state index contributed by atoms with van der Waals surface area (Å²) < 4.78 is 10.7. The summed E-state index contributed by atoms with van der Waals surface area (Å²) in [7, 11) is 0. The van der Waals surface area contributed by atoms with Crippen LogP contribution in [0.5, 0.6) is 17.2 Å². The molecule has 0 atom stereocenters. The molecule has 10 heteroatoms. The van der Waals surface area contributed by atoms with Crippen LogP contribution in [0.3, 0.4) is 0 Å². The number of carbonyl (C=O) groups is 3. The van der Waals surface area contributed by atoms with Gasteiger partial charge in [-0.05, 0) is 29.8 Å². The number of rotatable bonds is 3. The number of carboxylic acids is 2. The Hall–Kier alpha value is -3.81. The van der Waals surface area contributed by atoms with Gasteiger partial charge in [0.05, 0.1) is 5.56 Å². The van der Waals surface area contributed by atoms with Crippen molar-refractivity contribution in [1.29, 1.82) is 0 Å². The minimum Gasteiger partial charge on any atom is -0.867 e. The third-order valence-electron chi connectivity index (χ3n) is 4.37. The number of ether oxygens (including phenoxy) is 2. The number of benzene rings is 2. The first-order valence-corrected chi connectivity index (χ1v) is 9.42. The Labute approximate surface area is 214 Å². The maximum Gasteiger partial charge on any atom is 1.00 e. The Kier molecular flexibility index (Phi) is 8.45. The Morgan fingerprint density at radius 3 is 2.32 bits per heavy atom. The molecule has 0 saturated carbocycles. The zero-order chi connectivity index (χ0) is 24.3. The summed E-state index contributed by atoms with van der Waals surface area (Å²) in [6.45, 7) is 2.25. The number of carboxylic acid groups (broad SMARTS) is 2. The van der Waals surface area contributed by atoms with Gasteiger partial charge in [0, 0.05) is 36.6 Å². The van der Waals surface area contributed by atoms with Gasteiger partial charge >= 0.3 is 39.6 Å². The zero-order valence-corrected chi connectivity index (χ0v) is 23.6. The van der Waals surface area contributed by atoms with Crippen LogP contribution in [-0.4, -0.2) is 28.1 Å². The first-order chi connectivity index (χ1) is 15.6. The standard InChI is InChI=1S/C22H13O7.C2H4O2.Hg/c1-11(23)28-20-9-16-19(10-17(20)25)29-18-8-12(24)6-7-15(18)21(16)13-4-2-3-5-14(13)22(26)27;1-2(3)4;/h2-5,7-10,24H,1H3,(H,26,27);1H3,(H,3,4);/q;;+1/p-1. The molecule has 2 aromatic carbocycles. The van der Waals surface area contributed by atoms with E-state index in [1.807, 2.05) is 0 Å². The molecule has 0 amide bonds. The summed E-state index contributed by atoms with van der Waals surface area (Å²) >= 11 is 0. The SMILES string of the molecule is CC(=O)O.CC(=O)Oc1cc2c(cc1[O])OC1=CC([O-])=C=CC1=C2c1ccccc1C(=O)O.[Hg+]. The third-order valence-corrected chi connectivity index (χ3v) is 4.37. The normalized spacial score (nSPS) is 12.9. The summed E-state index contributed by atoms with van der Waals surface area (Å²) in [5.41, 5.74) is 4.12. The molecule has 2 aliphatic rings. The Bertz CT molecular complexity index is 1310. The summed E-state index contributed by atoms with van der Waals surface area (Å²) in [6.07, 6.45) is 2.62. The number of esters is 1. The van der Waals surface area contributed by atoms with E-state index >= 15 is 0 Å². The molecule has 2 N–H and O–H groups in total. The van der Waals surface area contributed by atoms with Crippen molar-refractivity contribution < 1.29 is 72.0 Å². The van der Waals surface area contributed by atoms with Gasteiger partial charge in [0.2, 0.25) is 5.75 Å². The molecular formula is C24H16HgO9. The second-order valence-electron chi connectivity index (χ2n) is 6.81. The molecule has 0 spiro atoms. The molecule has 1 heterocycles. The maximum atomic E-state index is 12.3. The van der Waals surface area contributed by atoms with E-state index in [4.69, 9.17) is 19.4 Å². The fraction of sp³-hybridized carbons (Fsp3) is 0.0833. The average Bonchev–Trinajstić information content (AvgIpc) is 2.72. The number of hydrogen-bond donors (Lipinski definition) is 2. The van der Waals surface area contributed by atoms with Crippen LogP contribution in [0.2, 0.25) is 0 Å². The second kappa shape index (κ2) is 10.9. The van der Waals surface area contributed by atoms with E-state index in [9.17, 15) is 24.9 Å². The summed E-state index contributed by atoms with van der Waals surface area (Å²) in [4.78, 5) is 32.1. The molecule has 9 nitrogen and oxygen atoms in total. The average molecular weight is 649 g/mol. The van der Waals surface area contributed by atoms with Crippen molar-refractivity contribution in [2.75, 3.05) is 0 Å². The molecule has 2 aromatic rings. The predicted octanol–water partition coefficient (Wildman–Crippen LogP) is 3.03. The first kappa shape index (κ1) is 26.4. The van der Waals surface area contributed by atoms with Crippen molar-refractivity contribution in [1.82, 2.24) is 0 Å². The quantitative estimate of drug-likeness (QED) is 0.223. The van der Waals surface area contributed by atoms with Gasteiger partial charge < -0.3 is 24.8 Å². The molecule has 34 heavy (non-hydrogen) atoms. The smallest absolute Gasteiger partial charge is 0.867 e. The molecule has 1 aliphatic heterocycles. The van der Waals surface area contributed by atoms with E-state index in [0.717, 1.165) is 13.0 Å². The van der Waals surface area contributed by atoms with Gasteiger partial charge in [0.1, 0.15) is 11.5 Å². The van der Waals surface area contributed by atoms with Gasteiger partial charge in [-0.15, -0.1) is 5.73 Å². The second-order valence-corrected chi connectivity index (χ2v) is 6.81. The fourth-order valence-electron chi connectivity index (χ4n) is 3.23. The van der Waals surface area contributed by atoms with Gasteiger partial charge in [-0.25, -0.2) is 4.79 Å². The van der Waals surface area contributed by atoms with Gasteiger partial charge in [-0.1, -0.05) is 24.0 Å². The van der Waals surface area contributed by atoms with Crippen LogP contribution in [0.15, 0.2) is 71.4 Å². The number of hydrogen-bond acceptors (Lipinski definition) is 6. The van der Waals surface area contributed by atoms with E-state index < -0.39 is 29.4 Å². The van der Waals surface area contributed by atoms with Crippen LogP contribution in [0, 0.1) is 0 Å². The fourth-order valence-corrected chi connectivity index (χ4v) is 3.23. The molecule has 1 aliphatic carbocycles. The van der Waals surface area contributed by atoms with E-state index in [0.29, 0.717) is 22.3 Å². The molecule has 0 unspecified atom stereocenters. The van der Waals surface area contributed by atoms with E-state index in [1.54, 1.807) is 18.2 Å². The Morgan fingerprint density at radius 2 is 1.71 bits per heavy atom. The Balaban J connectivity index is 0.000000758. The van der Waals surface area contributed by atoms with E-state index in [1.165, 1.54) is 31.2 Å². The number of carbonyl (C=O) groups excluding carboxylic acids is 1. The van der Waals surface area contributed by atoms with Gasteiger partial charge in [-0.2, -0.15) is 0 Å². The summed E-state index contributed by atoms with van der Waals surface area (Å²) in [6, 6.07) is 8.79. The molecule has 0 aromatic heterocycles. The van der Waals surface area contributed by atoms with Crippen molar-refractivity contribution >= 4 is 23.5 Å². The first-order valence-electron chi connectivity index (χ1n) is 9.42. The van der Waals surface area contributed by atoms with Gasteiger partial charge in [0.15, 0.2) is 5.75 Å². The van der Waals surface area contributed by atoms with Gasteiger partial charge in [-0.3, -0.25) is 14.7 Å². The summed E-state index contributed by atoms with van der Waals surface area (Å²) in [5.74, 6) is -3.56. The molecule has 4 rings (SSSR count). The van der Waals surface area contributed by atoms with Crippen molar-refractivity contribution in [3.05, 3.63) is 88.1 Å². The Morgan fingerprint density at radius 1 is 1.06 bits per heavy atom. The van der Waals surface area contributed by atoms with Crippen molar-refractivity contribution in [3.63, 3.8) is 0 Å². The van der Waals surface area contributed by atoms with E-state index in [-0.39, 0.29) is 50.5 Å². The number of aromatic carboxylic acids is 1. The largest absolute Gasteiger partial charge is 1.00 e. The molecule has 0 saturated heterocycles. The minimum absolute atomic E-state index is 0. The minimum atomic E-state index is -1.15. The van der Waals surface area contributed by atoms with Gasteiger partial charge in [0.25, 0.3) is 5.97 Å². The molecule has 168 valence electrons. The van der Waals surface area contributed by atoms with Crippen LogP contribution in [-0.2, 0) is 42.4 Å². The van der Waals surface area contributed by atoms with Crippen LogP contribution in [0.25, 0.3) is 5.57 Å². The van der Waals surface area contributed by atoms with Crippen molar-refractivity contribution in [2.24, 2.45) is 0 Å². The number of aliphatic carboxylic acids is 1. The third kappa shape index (κ3) is 5.75. The zero-order valence-electron chi connectivity index (χ0n) is 18.1. The van der Waals surface area contributed by atoms with E-state index in [2.05, 4.69) is 5.73 Å². The monoisotopic (exact) mass is 650 g/mol. The van der Waals surface area contributed by atoms with Crippen LogP contribution >= 0.6 is 0 Å². The van der Waals surface area contributed by atoms with Crippen LogP contribution < -0.4 is 14.6 Å². The summed E-state index contributed by atoms with van der Waals surface area (Å²) in [5, 5.41) is 41.1. The number of allylic oxidation sites excluding steroid dienone is 1. The number of fused-ring (bicyclic) bond motifs is 2.